The van der Waals surface area contributed by atoms with E-state index in [-0.39, 0.29) is 0 Å². The Morgan fingerprint density at radius 1 is 1.00 bits per heavy atom. The van der Waals surface area contributed by atoms with Gasteiger partial charge in [0.2, 0.25) is 0 Å². The number of aryl methyl sites for hydroxylation is 1. The van der Waals surface area contributed by atoms with Crippen molar-refractivity contribution in [2.45, 2.75) is 20.8 Å². The maximum absolute atomic E-state index is 13.7. The molecule has 0 N–H and O–H groups in total. The van der Waals surface area contributed by atoms with Gasteiger partial charge < -0.3 is 0 Å². The molecule has 0 saturated heterocycles. The molecule has 1 aromatic heterocycles. The molecule has 0 fully saturated rings. The topological polar surface area (TPSA) is 12.9 Å². The van der Waals surface area contributed by atoms with Gasteiger partial charge >= 0.3 is 0 Å². The molecule has 3 heteroatoms. The van der Waals surface area contributed by atoms with Crippen LogP contribution in [0, 0.1) is 32.4 Å². The van der Waals surface area contributed by atoms with Crippen LogP contribution in [0.2, 0.25) is 0 Å². The second kappa shape index (κ2) is 4.24. The zero-order valence-corrected chi connectivity index (χ0v) is 10.0. The summed E-state index contributed by atoms with van der Waals surface area (Å²) in [5.74, 6) is -1.16. The predicted octanol–water partition coefficient (Wildman–Crippen LogP) is 3.95. The zero-order valence-electron chi connectivity index (χ0n) is 10.0. The highest BCUT2D eigenvalue weighted by atomic mass is 19.1. The van der Waals surface area contributed by atoms with Crippen LogP contribution < -0.4 is 0 Å². The first-order valence-electron chi connectivity index (χ1n) is 5.39. The second-order valence-corrected chi connectivity index (χ2v) is 4.16. The third kappa shape index (κ3) is 2.05. The van der Waals surface area contributed by atoms with Gasteiger partial charge in [-0.25, -0.2) is 8.78 Å². The third-order valence-electron chi connectivity index (χ3n) is 3.08. The Kier molecular flexibility index (Phi) is 2.92. The van der Waals surface area contributed by atoms with E-state index in [0.717, 1.165) is 22.8 Å². The Bertz CT molecular complexity index is 577. The lowest BCUT2D eigenvalue weighted by Crippen LogP contribution is -1.97. The lowest BCUT2D eigenvalue weighted by atomic mass is 10.00. The number of hydrogen-bond donors (Lipinski definition) is 0. The molecule has 0 aliphatic heterocycles. The van der Waals surface area contributed by atoms with Gasteiger partial charge in [0, 0.05) is 17.8 Å². The molecule has 1 nitrogen and oxygen atoms in total. The molecule has 0 radical (unpaired) electrons. The van der Waals surface area contributed by atoms with Crippen molar-refractivity contribution in [1.29, 1.82) is 0 Å². The molecular formula is C14H13F2N. The first-order valence-corrected chi connectivity index (χ1v) is 5.39. The maximum atomic E-state index is 13.7. The summed E-state index contributed by atoms with van der Waals surface area (Å²) in [6.45, 7) is 5.82. The van der Waals surface area contributed by atoms with Crippen LogP contribution in [0.5, 0.6) is 0 Å². The van der Waals surface area contributed by atoms with E-state index in [0.29, 0.717) is 11.3 Å². The van der Waals surface area contributed by atoms with Crippen molar-refractivity contribution in [1.82, 2.24) is 4.98 Å². The van der Waals surface area contributed by atoms with Gasteiger partial charge in [-0.2, -0.15) is 0 Å². The summed E-state index contributed by atoms with van der Waals surface area (Å²) in [4.78, 5) is 4.24. The van der Waals surface area contributed by atoms with Crippen LogP contribution >= 0.6 is 0 Å². The van der Waals surface area contributed by atoms with Gasteiger partial charge in [0.15, 0.2) is 0 Å². The predicted molar refractivity (Wildman–Crippen MR) is 63.8 cm³/mol. The zero-order chi connectivity index (χ0) is 12.6. The molecule has 1 heterocycles. The fraction of sp³-hybridized carbons (Fsp3) is 0.214. The summed E-state index contributed by atoms with van der Waals surface area (Å²) in [6.07, 6.45) is 1.71. The Balaban J connectivity index is 2.65. The van der Waals surface area contributed by atoms with Crippen molar-refractivity contribution in [3.8, 4) is 11.3 Å². The summed E-state index contributed by atoms with van der Waals surface area (Å²) in [5.41, 5.74) is 3.99. The Morgan fingerprint density at radius 3 is 2.35 bits per heavy atom. The summed E-state index contributed by atoms with van der Waals surface area (Å²) in [6, 6.07) is 3.55. The largest absolute Gasteiger partial charge is 0.256 e. The van der Waals surface area contributed by atoms with Crippen LogP contribution in [0.1, 0.15) is 16.7 Å². The molecule has 0 amide bonds. The molecule has 2 aromatic rings. The molecule has 0 aliphatic carbocycles. The molecule has 0 unspecified atom stereocenters. The van der Waals surface area contributed by atoms with Crippen LogP contribution in [0.25, 0.3) is 11.3 Å². The lowest BCUT2D eigenvalue weighted by molar-refractivity contribution is 0.585. The number of nitrogens with zero attached hydrogens (tertiary/aromatic N) is 1. The minimum absolute atomic E-state index is 0.340. The third-order valence-corrected chi connectivity index (χ3v) is 3.08. The monoisotopic (exact) mass is 233 g/mol. The van der Waals surface area contributed by atoms with E-state index in [9.17, 15) is 8.78 Å². The Labute approximate surface area is 99.1 Å². The smallest absolute Gasteiger partial charge is 0.135 e. The molecule has 1 aromatic carbocycles. The lowest BCUT2D eigenvalue weighted by Gasteiger charge is -2.10. The summed E-state index contributed by atoms with van der Waals surface area (Å²) >= 11 is 0. The first-order chi connectivity index (χ1) is 8.00. The fourth-order valence-electron chi connectivity index (χ4n) is 1.78. The summed E-state index contributed by atoms with van der Waals surface area (Å²) in [7, 11) is 0. The number of hydrogen-bond acceptors (Lipinski definition) is 1. The van der Waals surface area contributed by atoms with Gasteiger partial charge in [-0.15, -0.1) is 0 Å². The number of rotatable bonds is 1. The van der Waals surface area contributed by atoms with Crippen molar-refractivity contribution in [3.63, 3.8) is 0 Å². The van der Waals surface area contributed by atoms with Crippen LogP contribution in [0.4, 0.5) is 8.78 Å². The van der Waals surface area contributed by atoms with Crippen LogP contribution in [-0.4, -0.2) is 4.98 Å². The quantitative estimate of drug-likeness (QED) is 0.726. The van der Waals surface area contributed by atoms with Crippen molar-refractivity contribution >= 4 is 0 Å². The van der Waals surface area contributed by atoms with Crippen LogP contribution in [0.3, 0.4) is 0 Å². The van der Waals surface area contributed by atoms with E-state index in [1.54, 1.807) is 6.20 Å². The van der Waals surface area contributed by atoms with E-state index >= 15 is 0 Å². The minimum Gasteiger partial charge on any atom is -0.256 e. The number of benzene rings is 1. The standard InChI is InChI=1S/C14H13F2N/c1-8-7-17-14(10(3)9(8)2)12-5-4-11(15)6-13(12)16/h4-7H,1-3H3. The molecule has 88 valence electrons. The van der Waals surface area contributed by atoms with E-state index in [2.05, 4.69) is 4.98 Å². The summed E-state index contributed by atoms with van der Waals surface area (Å²) < 4.78 is 26.5. The van der Waals surface area contributed by atoms with Crippen molar-refractivity contribution in [2.75, 3.05) is 0 Å². The second-order valence-electron chi connectivity index (χ2n) is 4.16. The van der Waals surface area contributed by atoms with Crippen LogP contribution in [-0.2, 0) is 0 Å². The molecular weight excluding hydrogens is 220 g/mol. The van der Waals surface area contributed by atoms with Gasteiger partial charge in [0.1, 0.15) is 11.6 Å². The number of halogens is 2. The van der Waals surface area contributed by atoms with E-state index in [1.807, 2.05) is 20.8 Å². The van der Waals surface area contributed by atoms with E-state index in [1.165, 1.54) is 12.1 Å². The van der Waals surface area contributed by atoms with E-state index in [4.69, 9.17) is 0 Å². The fourth-order valence-corrected chi connectivity index (χ4v) is 1.78. The molecule has 0 saturated carbocycles. The highest BCUT2D eigenvalue weighted by Gasteiger charge is 2.12. The van der Waals surface area contributed by atoms with Gasteiger partial charge in [0.05, 0.1) is 5.69 Å². The SMILES string of the molecule is Cc1cnc(-c2ccc(F)cc2F)c(C)c1C. The van der Waals surface area contributed by atoms with Crippen molar-refractivity contribution < 1.29 is 8.78 Å². The van der Waals surface area contributed by atoms with Gasteiger partial charge in [-0.3, -0.25) is 4.98 Å². The summed E-state index contributed by atoms with van der Waals surface area (Å²) in [5, 5.41) is 0. The average molecular weight is 233 g/mol. The molecule has 0 bridgehead atoms. The Morgan fingerprint density at radius 2 is 1.71 bits per heavy atom. The molecule has 2 rings (SSSR count). The molecule has 0 aliphatic rings. The molecule has 17 heavy (non-hydrogen) atoms. The normalized spacial score (nSPS) is 10.6. The van der Waals surface area contributed by atoms with Gasteiger partial charge in [0.25, 0.3) is 0 Å². The minimum atomic E-state index is -0.580. The van der Waals surface area contributed by atoms with Gasteiger partial charge in [-0.1, -0.05) is 0 Å². The van der Waals surface area contributed by atoms with Gasteiger partial charge in [-0.05, 0) is 49.6 Å². The number of aromatic nitrogens is 1. The molecule has 0 spiro atoms. The van der Waals surface area contributed by atoms with Crippen molar-refractivity contribution in [2.24, 2.45) is 0 Å². The van der Waals surface area contributed by atoms with Crippen molar-refractivity contribution in [3.05, 3.63) is 52.7 Å². The highest BCUT2D eigenvalue weighted by Crippen LogP contribution is 2.27. The first kappa shape index (κ1) is 11.7. The van der Waals surface area contributed by atoms with E-state index < -0.39 is 11.6 Å². The average Bonchev–Trinajstić information content (AvgIpc) is 2.28. The number of pyridine rings is 1. The highest BCUT2D eigenvalue weighted by molar-refractivity contribution is 5.65. The Hall–Kier alpha value is -1.77. The molecule has 0 atom stereocenters. The maximum Gasteiger partial charge on any atom is 0.135 e. The van der Waals surface area contributed by atoms with Crippen LogP contribution in [0.15, 0.2) is 24.4 Å².